The molecule has 0 fully saturated rings. The maximum absolute atomic E-state index is 13.8. The summed E-state index contributed by atoms with van der Waals surface area (Å²) in [6.07, 6.45) is 0.846. The Balaban J connectivity index is 5.32. The molecule has 29 heteroatoms. The lowest BCUT2D eigenvalue weighted by molar-refractivity contribution is -0.134. The number of hydrogen-bond acceptors (Lipinski definition) is 12. The molecule has 0 unspecified atom stereocenters. The molecule has 0 aliphatic carbocycles. The highest BCUT2D eigenvalue weighted by Gasteiger charge is 2.32. The van der Waals surface area contributed by atoms with Crippen LogP contribution in [0.3, 0.4) is 0 Å². The second-order valence-corrected chi connectivity index (χ2v) is 25.9. The molecular formula is C58H113N17O12. The van der Waals surface area contributed by atoms with E-state index in [0.29, 0.717) is 12.8 Å². The van der Waals surface area contributed by atoms with Crippen LogP contribution < -0.4 is 90.4 Å². The van der Waals surface area contributed by atoms with Crippen molar-refractivity contribution in [1.82, 2.24) is 90.4 Å². The lowest BCUT2D eigenvalue weighted by Gasteiger charge is -2.28. The predicted molar refractivity (Wildman–Crippen MR) is 335 cm³/mol. The van der Waals surface area contributed by atoms with E-state index in [0.717, 1.165) is 0 Å². The van der Waals surface area contributed by atoms with Gasteiger partial charge in [0.05, 0.1) is 6.04 Å². The summed E-state index contributed by atoms with van der Waals surface area (Å²) in [6.45, 7) is 35.0. The third kappa shape index (κ3) is 38.5. The van der Waals surface area contributed by atoms with Gasteiger partial charge in [-0.2, -0.15) is 0 Å². The number of hydrogen-bond donors (Lipinski definition) is 17. The summed E-state index contributed by atoms with van der Waals surface area (Å²) in [6, 6.07) is -9.90. The standard InChI is InChI=1S/C58H113N17O12/c1-31(2)21-41(27-62-51(80)59-20)70-54(83)60-26-38(14)67-53(82)65-30-46(36(11)12)75-56(85)63-28-42(22-32(3)4)71-55(84)61-25-37(13)66-52(81)64-29-45(35(9)10)74-50(79)44(24-34(7)8)73-47(76)39(15)68-49(78)43(23-33(5)6)72-48(77)40(16)69-57(86)87-58(17,18)19/h31-46H,21-30H2,1-20H3,(H,68,78)(H,69,86)(H,72,77)(H,73,76)(H,74,79)(H2,59,62,80)(H2,60,70,83)(H2,61,71,84)(H2,63,75,85)(H2,64,66,81)(H2,65,67,82)/t37-,38-,39-,40-,41-,42-,43-,44-,45+,46+/m0/s1. The van der Waals surface area contributed by atoms with Crippen LogP contribution in [0.15, 0.2) is 0 Å². The summed E-state index contributed by atoms with van der Waals surface area (Å²) >= 11 is 0. The minimum atomic E-state index is -1.12. The minimum absolute atomic E-state index is 0.0174. The Morgan fingerprint density at radius 2 is 0.655 bits per heavy atom. The third-order valence-electron chi connectivity index (χ3n) is 13.1. The molecular weight excluding hydrogens is 1130 g/mol. The zero-order valence-electron chi connectivity index (χ0n) is 55.7. The molecule has 0 saturated carbocycles. The van der Waals surface area contributed by atoms with Gasteiger partial charge in [-0.15, -0.1) is 0 Å². The van der Waals surface area contributed by atoms with Crippen LogP contribution in [0, 0.1) is 35.5 Å². The highest BCUT2D eigenvalue weighted by atomic mass is 16.6. The van der Waals surface area contributed by atoms with E-state index in [1.807, 2.05) is 83.1 Å². The first-order valence-corrected chi connectivity index (χ1v) is 30.7. The summed E-state index contributed by atoms with van der Waals surface area (Å²) in [5, 5.41) is 46.7. The Morgan fingerprint density at radius 3 is 1.02 bits per heavy atom. The van der Waals surface area contributed by atoms with E-state index in [9.17, 15) is 52.7 Å². The molecule has 29 nitrogen and oxygen atoms in total. The van der Waals surface area contributed by atoms with Crippen molar-refractivity contribution < 1.29 is 57.5 Å². The second kappa shape index (κ2) is 41.0. The number of rotatable bonds is 36. The zero-order valence-corrected chi connectivity index (χ0v) is 55.7. The number of carbonyl (C=O) groups is 11. The molecule has 0 aliphatic heterocycles. The zero-order chi connectivity index (χ0) is 66.9. The second-order valence-electron chi connectivity index (χ2n) is 25.9. The van der Waals surface area contributed by atoms with E-state index in [2.05, 4.69) is 90.4 Å². The normalized spacial score (nSPS) is 14.9. The van der Waals surface area contributed by atoms with Crippen LogP contribution in [0.1, 0.15) is 157 Å². The molecule has 17 amide bonds. The lowest BCUT2D eigenvalue weighted by atomic mass is 10.00. The number of ether oxygens (including phenoxy) is 1. The number of nitrogens with one attached hydrogen (secondary N) is 17. The summed E-state index contributed by atoms with van der Waals surface area (Å²) in [4.78, 5) is 143. The van der Waals surface area contributed by atoms with Crippen molar-refractivity contribution in [2.45, 2.75) is 223 Å². The number of alkyl carbamates (subject to hydrolysis) is 1. The van der Waals surface area contributed by atoms with Crippen LogP contribution in [-0.2, 0) is 23.9 Å². The minimum Gasteiger partial charge on any atom is -0.444 e. The van der Waals surface area contributed by atoms with Gasteiger partial charge in [0.25, 0.3) is 0 Å². The quantitative estimate of drug-likeness (QED) is 0.0431. The molecule has 0 saturated heterocycles. The molecule has 0 heterocycles. The van der Waals surface area contributed by atoms with Crippen LogP contribution >= 0.6 is 0 Å². The summed E-state index contributed by atoms with van der Waals surface area (Å²) in [7, 11) is 1.50. The van der Waals surface area contributed by atoms with Gasteiger partial charge >= 0.3 is 42.3 Å². The van der Waals surface area contributed by atoms with Crippen LogP contribution in [0.5, 0.6) is 0 Å². The average molecular weight is 1240 g/mol. The van der Waals surface area contributed by atoms with Crippen molar-refractivity contribution in [2.75, 3.05) is 46.3 Å². The Morgan fingerprint density at radius 1 is 0.333 bits per heavy atom. The van der Waals surface area contributed by atoms with E-state index in [-0.39, 0.29) is 99.7 Å². The predicted octanol–water partition coefficient (Wildman–Crippen LogP) is 2.66. The molecule has 0 aromatic rings. The highest BCUT2D eigenvalue weighted by molar-refractivity contribution is 5.95. The van der Waals surface area contributed by atoms with Crippen LogP contribution in [-0.4, -0.2) is 178 Å². The number of carbonyl (C=O) groups excluding carboxylic acids is 11. The number of amides is 17. The van der Waals surface area contributed by atoms with E-state index in [1.165, 1.54) is 20.9 Å². The molecule has 0 aromatic carbocycles. The van der Waals surface area contributed by atoms with E-state index in [4.69, 9.17) is 4.74 Å². The topological polar surface area (TPSA) is 402 Å². The Labute approximate surface area is 517 Å². The van der Waals surface area contributed by atoms with Crippen molar-refractivity contribution >= 4 is 65.9 Å². The first-order chi connectivity index (χ1) is 40.3. The average Bonchev–Trinajstić information content (AvgIpc) is 3.61. The maximum Gasteiger partial charge on any atom is 0.408 e. The van der Waals surface area contributed by atoms with E-state index in [1.54, 1.807) is 34.6 Å². The smallest absolute Gasteiger partial charge is 0.408 e. The fourth-order valence-corrected chi connectivity index (χ4v) is 8.40. The monoisotopic (exact) mass is 1240 g/mol. The van der Waals surface area contributed by atoms with Gasteiger partial charge in [0, 0.05) is 76.5 Å². The summed E-state index contributed by atoms with van der Waals surface area (Å²) in [5.74, 6) is -2.30. The van der Waals surface area contributed by atoms with Crippen molar-refractivity contribution in [2.24, 2.45) is 35.5 Å². The fraction of sp³-hybridized carbons (Fsp3) is 0.810. The van der Waals surface area contributed by atoms with Crippen molar-refractivity contribution in [1.29, 1.82) is 0 Å². The van der Waals surface area contributed by atoms with E-state index < -0.39 is 120 Å². The first kappa shape index (κ1) is 79.8. The Bertz CT molecular complexity index is 2180. The van der Waals surface area contributed by atoms with Crippen LogP contribution in [0.4, 0.5) is 33.6 Å². The molecule has 0 spiro atoms. The van der Waals surface area contributed by atoms with Gasteiger partial charge < -0.3 is 95.1 Å². The molecule has 502 valence electrons. The molecule has 0 radical (unpaired) electrons. The molecule has 0 aromatic heterocycles. The van der Waals surface area contributed by atoms with Crippen molar-refractivity contribution in [3.8, 4) is 0 Å². The maximum atomic E-state index is 13.8. The molecule has 0 aliphatic rings. The van der Waals surface area contributed by atoms with Gasteiger partial charge in [-0.25, -0.2) is 33.6 Å². The largest absolute Gasteiger partial charge is 0.444 e. The molecule has 87 heavy (non-hydrogen) atoms. The molecule has 0 bridgehead atoms. The van der Waals surface area contributed by atoms with Gasteiger partial charge in [0.1, 0.15) is 29.8 Å². The molecule has 0 rings (SSSR count). The summed E-state index contributed by atoms with van der Waals surface area (Å²) in [5.41, 5.74) is -0.790. The van der Waals surface area contributed by atoms with Gasteiger partial charge in [-0.1, -0.05) is 83.1 Å². The Kier molecular flexibility index (Phi) is 37.6. The van der Waals surface area contributed by atoms with Gasteiger partial charge in [-0.3, -0.25) is 19.2 Å². The molecule has 10 atom stereocenters. The van der Waals surface area contributed by atoms with E-state index >= 15 is 0 Å². The van der Waals surface area contributed by atoms with Gasteiger partial charge in [0.2, 0.25) is 23.6 Å². The van der Waals surface area contributed by atoms with Crippen LogP contribution in [0.2, 0.25) is 0 Å². The van der Waals surface area contributed by atoms with Crippen LogP contribution in [0.25, 0.3) is 0 Å². The first-order valence-electron chi connectivity index (χ1n) is 30.7. The fourth-order valence-electron chi connectivity index (χ4n) is 8.40. The lowest BCUT2D eigenvalue weighted by Crippen LogP contribution is -2.59. The SMILES string of the molecule is CNC(=O)NC[C@H](CC(C)C)NC(=O)NC[C@H](C)NC(=O)NC[C@@H](NC(=O)NC[C@H](CC(C)C)NC(=O)NC[C@H](C)NC(=O)NC[C@@H](NC(=O)[C@H](CC(C)C)NC(=O)[C@H](C)NC(=O)[C@H](CC(C)C)NC(=O)[C@H](C)NC(=O)OC(C)(C)C)C(C)C)C(C)C. The summed E-state index contributed by atoms with van der Waals surface area (Å²) < 4.78 is 5.23. The number of urea groups is 6. The van der Waals surface area contributed by atoms with Crippen molar-refractivity contribution in [3.05, 3.63) is 0 Å². The third-order valence-corrected chi connectivity index (χ3v) is 13.1. The Hall–Kier alpha value is -7.23. The van der Waals surface area contributed by atoms with Gasteiger partial charge in [0.15, 0.2) is 0 Å². The van der Waals surface area contributed by atoms with Crippen molar-refractivity contribution in [3.63, 3.8) is 0 Å². The highest BCUT2D eigenvalue weighted by Crippen LogP contribution is 2.12. The van der Waals surface area contributed by atoms with Gasteiger partial charge in [-0.05, 0) is 110 Å². The molecule has 17 N–H and O–H groups in total.